The Kier molecular flexibility index (Phi) is 2.17. The Hall–Kier alpha value is -1.02. The highest BCUT2D eigenvalue weighted by atomic mass is 35.5. The fourth-order valence-corrected chi connectivity index (χ4v) is 5.43. The van der Waals surface area contributed by atoms with E-state index in [0.717, 1.165) is 5.75 Å². The summed E-state index contributed by atoms with van der Waals surface area (Å²) in [4.78, 5) is 11.5. The van der Waals surface area contributed by atoms with Crippen LogP contribution in [0, 0.1) is 11.3 Å². The average molecular weight is 291 g/mol. The molecule has 3 aliphatic rings. The lowest BCUT2D eigenvalue weighted by atomic mass is 9.56. The first-order valence-electron chi connectivity index (χ1n) is 7.35. The average Bonchev–Trinajstić information content (AvgIpc) is 2.95. The summed E-state index contributed by atoms with van der Waals surface area (Å²) >= 11 is 5.66. The number of rotatable bonds is 1. The minimum absolute atomic E-state index is 0.0272. The Morgan fingerprint density at radius 1 is 1.35 bits per heavy atom. The Bertz CT molecular complexity index is 640. The van der Waals surface area contributed by atoms with Crippen molar-refractivity contribution < 1.29 is 9.53 Å². The molecule has 1 aromatic carbocycles. The van der Waals surface area contributed by atoms with E-state index in [1.165, 1.54) is 24.8 Å². The smallest absolute Gasteiger partial charge is 0.252 e. The molecule has 0 amide bonds. The second-order valence-electron chi connectivity index (χ2n) is 7.32. The minimum atomic E-state index is -0.390. The van der Waals surface area contributed by atoms with Crippen LogP contribution in [0.2, 0.25) is 0 Å². The topological polar surface area (TPSA) is 26.3 Å². The Labute approximate surface area is 124 Å². The van der Waals surface area contributed by atoms with Gasteiger partial charge in [0.1, 0.15) is 11.4 Å². The highest BCUT2D eigenvalue weighted by molar-refractivity contribution is 6.67. The largest absolute Gasteiger partial charge is 0.486 e. The van der Waals surface area contributed by atoms with Crippen molar-refractivity contribution in [1.82, 2.24) is 0 Å². The van der Waals surface area contributed by atoms with Gasteiger partial charge >= 0.3 is 0 Å². The van der Waals surface area contributed by atoms with Gasteiger partial charge in [-0.05, 0) is 67.3 Å². The molecule has 3 heteroatoms. The Balaban J connectivity index is 1.97. The van der Waals surface area contributed by atoms with Gasteiger partial charge < -0.3 is 4.74 Å². The zero-order valence-corrected chi connectivity index (χ0v) is 12.9. The summed E-state index contributed by atoms with van der Waals surface area (Å²) < 4.78 is 6.40. The lowest BCUT2D eigenvalue weighted by Gasteiger charge is -2.48. The quantitative estimate of drug-likeness (QED) is 0.721. The van der Waals surface area contributed by atoms with Gasteiger partial charge in [0.25, 0.3) is 5.24 Å². The van der Waals surface area contributed by atoms with E-state index in [4.69, 9.17) is 16.3 Å². The van der Waals surface area contributed by atoms with Crippen molar-refractivity contribution in [2.45, 2.75) is 51.0 Å². The van der Waals surface area contributed by atoms with Crippen LogP contribution in [0.1, 0.15) is 56.0 Å². The van der Waals surface area contributed by atoms with Crippen molar-refractivity contribution >= 4 is 16.8 Å². The second kappa shape index (κ2) is 3.41. The molecule has 2 saturated carbocycles. The van der Waals surface area contributed by atoms with Crippen molar-refractivity contribution in [1.29, 1.82) is 0 Å². The summed E-state index contributed by atoms with van der Waals surface area (Å²) in [5, 5.41) is -0.390. The van der Waals surface area contributed by atoms with Crippen molar-refractivity contribution in [3.8, 4) is 5.75 Å². The third-order valence-corrected chi connectivity index (χ3v) is 7.01. The molecule has 0 saturated heterocycles. The molecule has 4 rings (SSSR count). The molecule has 2 aliphatic carbocycles. The standard InChI is InChI=1S/C17H19ClO2/c1-15-7-6-11(9-15)17(3)16(15,2)12-8-10(14(18)19)4-5-13(12)20-17/h4-5,8,11H,6-7,9H2,1-3H3. The van der Waals surface area contributed by atoms with Gasteiger partial charge in [0, 0.05) is 16.5 Å². The van der Waals surface area contributed by atoms with Crippen LogP contribution in [0.5, 0.6) is 5.75 Å². The van der Waals surface area contributed by atoms with E-state index in [1.54, 1.807) is 6.07 Å². The first kappa shape index (κ1) is 12.7. The van der Waals surface area contributed by atoms with Crippen LogP contribution in [0.25, 0.3) is 0 Å². The van der Waals surface area contributed by atoms with Crippen LogP contribution >= 0.6 is 11.6 Å². The van der Waals surface area contributed by atoms with E-state index in [-0.39, 0.29) is 16.4 Å². The minimum Gasteiger partial charge on any atom is -0.486 e. The third kappa shape index (κ3) is 1.13. The number of fused-ring (bicyclic) bond motifs is 7. The number of carbonyl (C=O) groups excluding carboxylic acids is 1. The summed E-state index contributed by atoms with van der Waals surface area (Å²) in [5.74, 6) is 1.55. The fraction of sp³-hybridized carbons (Fsp3) is 0.588. The van der Waals surface area contributed by atoms with Gasteiger partial charge in [-0.1, -0.05) is 13.8 Å². The molecule has 1 aromatic rings. The van der Waals surface area contributed by atoms with E-state index < -0.39 is 5.24 Å². The van der Waals surface area contributed by atoms with Crippen LogP contribution in [-0.4, -0.2) is 10.8 Å². The molecule has 2 nitrogen and oxygen atoms in total. The van der Waals surface area contributed by atoms with E-state index in [9.17, 15) is 4.79 Å². The van der Waals surface area contributed by atoms with Gasteiger partial charge in [-0.25, -0.2) is 0 Å². The normalized spacial score (nSPS) is 44.1. The highest BCUT2D eigenvalue weighted by Gasteiger charge is 2.73. The highest BCUT2D eigenvalue weighted by Crippen LogP contribution is 2.73. The van der Waals surface area contributed by atoms with Crippen molar-refractivity contribution in [2.75, 3.05) is 0 Å². The molecular weight excluding hydrogens is 272 g/mol. The lowest BCUT2D eigenvalue weighted by molar-refractivity contribution is -0.0260. The SMILES string of the molecule is CC12CCC(C1)C1(C)Oc3ccc(C(=O)Cl)cc3C21C. The summed E-state index contributed by atoms with van der Waals surface area (Å²) in [6, 6.07) is 5.65. The molecular formula is C17H19ClO2. The van der Waals surface area contributed by atoms with Gasteiger partial charge in [0.2, 0.25) is 0 Å². The zero-order valence-electron chi connectivity index (χ0n) is 12.1. The summed E-state index contributed by atoms with van der Waals surface area (Å²) in [6.45, 7) is 6.96. The van der Waals surface area contributed by atoms with Gasteiger partial charge in [0.05, 0.1) is 0 Å². The van der Waals surface area contributed by atoms with Crippen LogP contribution < -0.4 is 4.74 Å². The van der Waals surface area contributed by atoms with E-state index in [1.807, 2.05) is 12.1 Å². The first-order valence-corrected chi connectivity index (χ1v) is 7.73. The number of hydrogen-bond donors (Lipinski definition) is 0. The van der Waals surface area contributed by atoms with Crippen LogP contribution in [0.15, 0.2) is 18.2 Å². The van der Waals surface area contributed by atoms with Crippen LogP contribution in [0.3, 0.4) is 0 Å². The summed E-state index contributed by atoms with van der Waals surface area (Å²) in [7, 11) is 0. The van der Waals surface area contributed by atoms with E-state index in [0.29, 0.717) is 11.5 Å². The van der Waals surface area contributed by atoms with Gasteiger partial charge in [0.15, 0.2) is 0 Å². The van der Waals surface area contributed by atoms with Crippen LogP contribution in [0.4, 0.5) is 0 Å². The molecule has 1 aliphatic heterocycles. The molecule has 20 heavy (non-hydrogen) atoms. The van der Waals surface area contributed by atoms with Gasteiger partial charge in [-0.2, -0.15) is 0 Å². The predicted octanol–water partition coefficient (Wildman–Crippen LogP) is 4.29. The number of carbonyl (C=O) groups is 1. The lowest BCUT2D eigenvalue weighted by Crippen LogP contribution is -2.54. The van der Waals surface area contributed by atoms with E-state index >= 15 is 0 Å². The van der Waals surface area contributed by atoms with Crippen molar-refractivity contribution in [2.24, 2.45) is 11.3 Å². The fourth-order valence-electron chi connectivity index (χ4n) is 5.31. The number of halogens is 1. The number of hydrogen-bond acceptors (Lipinski definition) is 2. The Morgan fingerprint density at radius 2 is 2.10 bits per heavy atom. The predicted molar refractivity (Wildman–Crippen MR) is 78.5 cm³/mol. The molecule has 2 bridgehead atoms. The third-order valence-electron chi connectivity index (χ3n) is 6.79. The van der Waals surface area contributed by atoms with E-state index in [2.05, 4.69) is 20.8 Å². The maximum absolute atomic E-state index is 11.5. The molecule has 0 aromatic heterocycles. The Morgan fingerprint density at radius 3 is 2.80 bits per heavy atom. The molecule has 4 unspecified atom stereocenters. The molecule has 0 spiro atoms. The summed E-state index contributed by atoms with van der Waals surface area (Å²) in [6.07, 6.45) is 3.71. The molecule has 1 heterocycles. The van der Waals surface area contributed by atoms with Gasteiger partial charge in [-0.3, -0.25) is 4.79 Å². The maximum atomic E-state index is 11.5. The van der Waals surface area contributed by atoms with Crippen molar-refractivity contribution in [3.05, 3.63) is 29.3 Å². The van der Waals surface area contributed by atoms with Gasteiger partial charge in [-0.15, -0.1) is 0 Å². The first-order chi connectivity index (χ1) is 9.32. The number of ether oxygens (including phenoxy) is 1. The second-order valence-corrected chi connectivity index (χ2v) is 7.66. The molecule has 0 radical (unpaired) electrons. The molecule has 2 fully saturated rings. The molecule has 106 valence electrons. The molecule has 0 N–H and O–H groups in total. The zero-order chi connectivity index (χ0) is 14.3. The number of benzene rings is 1. The molecule has 4 atom stereocenters. The van der Waals surface area contributed by atoms with Crippen LogP contribution in [-0.2, 0) is 5.41 Å². The monoisotopic (exact) mass is 290 g/mol. The maximum Gasteiger partial charge on any atom is 0.252 e. The van der Waals surface area contributed by atoms with Crippen molar-refractivity contribution in [3.63, 3.8) is 0 Å². The summed E-state index contributed by atoms with van der Waals surface area (Å²) in [5.41, 5.74) is 1.84.